The highest BCUT2D eigenvalue weighted by molar-refractivity contribution is 4.83. The van der Waals surface area contributed by atoms with Gasteiger partial charge in [-0.25, -0.2) is 0 Å². The largest absolute Gasteiger partial charge is 0.378 e. The molecule has 0 bridgehead atoms. The van der Waals surface area contributed by atoms with Crippen molar-refractivity contribution in [1.29, 1.82) is 0 Å². The van der Waals surface area contributed by atoms with E-state index in [2.05, 4.69) is 19.8 Å². The van der Waals surface area contributed by atoms with E-state index in [1.807, 2.05) is 0 Å². The summed E-state index contributed by atoms with van der Waals surface area (Å²) in [6, 6.07) is 0. The standard InChI is InChI=1S/C12H22O/c1-4-6-8-9-11-13-12(3)10-7-5-2/h2,12H,4,6-11H2,1,3H3. The molecule has 0 saturated carbocycles. The first-order chi connectivity index (χ1) is 6.31. The molecule has 0 saturated heterocycles. The molecule has 0 heterocycles. The van der Waals surface area contributed by atoms with E-state index in [1.165, 1.54) is 25.7 Å². The van der Waals surface area contributed by atoms with Crippen LogP contribution in [-0.4, -0.2) is 12.7 Å². The first kappa shape index (κ1) is 12.5. The predicted molar refractivity (Wildman–Crippen MR) is 57.6 cm³/mol. The molecule has 13 heavy (non-hydrogen) atoms. The summed E-state index contributed by atoms with van der Waals surface area (Å²) >= 11 is 0. The lowest BCUT2D eigenvalue weighted by Crippen LogP contribution is -2.08. The molecule has 0 aliphatic carbocycles. The van der Waals surface area contributed by atoms with Crippen LogP contribution in [0.25, 0.3) is 0 Å². The van der Waals surface area contributed by atoms with Crippen LogP contribution in [-0.2, 0) is 4.74 Å². The molecule has 1 atom stereocenters. The van der Waals surface area contributed by atoms with E-state index in [1.54, 1.807) is 0 Å². The summed E-state index contributed by atoms with van der Waals surface area (Å²) in [5, 5.41) is 0. The lowest BCUT2D eigenvalue weighted by atomic mass is 10.2. The third-order valence-electron chi connectivity index (χ3n) is 2.10. The third kappa shape index (κ3) is 9.43. The average molecular weight is 182 g/mol. The molecule has 0 aromatic carbocycles. The van der Waals surface area contributed by atoms with Crippen molar-refractivity contribution in [2.75, 3.05) is 6.61 Å². The van der Waals surface area contributed by atoms with E-state index in [4.69, 9.17) is 11.2 Å². The van der Waals surface area contributed by atoms with Crippen LogP contribution in [0.4, 0.5) is 0 Å². The van der Waals surface area contributed by atoms with Gasteiger partial charge in [0.15, 0.2) is 0 Å². The van der Waals surface area contributed by atoms with Crippen molar-refractivity contribution in [3.63, 3.8) is 0 Å². The fourth-order valence-corrected chi connectivity index (χ4v) is 1.18. The normalized spacial score (nSPS) is 12.4. The zero-order chi connectivity index (χ0) is 9.94. The highest BCUT2D eigenvalue weighted by atomic mass is 16.5. The highest BCUT2D eigenvalue weighted by Crippen LogP contribution is 2.04. The van der Waals surface area contributed by atoms with Crippen molar-refractivity contribution in [2.45, 2.75) is 58.5 Å². The second kappa shape index (κ2) is 9.61. The molecule has 0 fully saturated rings. The van der Waals surface area contributed by atoms with Crippen LogP contribution in [0.2, 0.25) is 0 Å². The number of unbranched alkanes of at least 4 members (excludes halogenated alkanes) is 3. The summed E-state index contributed by atoms with van der Waals surface area (Å²) in [7, 11) is 0. The molecular formula is C12H22O. The molecule has 0 spiro atoms. The number of hydrogen-bond acceptors (Lipinski definition) is 1. The van der Waals surface area contributed by atoms with Crippen molar-refractivity contribution in [3.8, 4) is 12.3 Å². The Morgan fingerprint density at radius 3 is 2.69 bits per heavy atom. The van der Waals surface area contributed by atoms with E-state index >= 15 is 0 Å². The quantitative estimate of drug-likeness (QED) is 0.413. The SMILES string of the molecule is C#CCCC(C)OCCCCCC. The Bertz CT molecular complexity index is 135. The summed E-state index contributed by atoms with van der Waals surface area (Å²) in [5.41, 5.74) is 0. The molecule has 1 heteroatoms. The molecule has 1 unspecified atom stereocenters. The van der Waals surface area contributed by atoms with Crippen LogP contribution >= 0.6 is 0 Å². The van der Waals surface area contributed by atoms with Crippen LogP contribution in [0.15, 0.2) is 0 Å². The van der Waals surface area contributed by atoms with Gasteiger partial charge >= 0.3 is 0 Å². The van der Waals surface area contributed by atoms with Crippen LogP contribution < -0.4 is 0 Å². The van der Waals surface area contributed by atoms with E-state index < -0.39 is 0 Å². The molecule has 0 aliphatic heterocycles. The third-order valence-corrected chi connectivity index (χ3v) is 2.10. The Hall–Kier alpha value is -0.480. The topological polar surface area (TPSA) is 9.23 Å². The van der Waals surface area contributed by atoms with Crippen molar-refractivity contribution >= 4 is 0 Å². The number of rotatable bonds is 8. The number of hydrogen-bond donors (Lipinski definition) is 0. The molecule has 0 aromatic heterocycles. The minimum atomic E-state index is 0.331. The summed E-state index contributed by atoms with van der Waals surface area (Å²) in [5.74, 6) is 2.63. The summed E-state index contributed by atoms with van der Waals surface area (Å²) in [6.45, 7) is 5.21. The van der Waals surface area contributed by atoms with Crippen LogP contribution in [0.3, 0.4) is 0 Å². The zero-order valence-electron chi connectivity index (χ0n) is 9.01. The van der Waals surface area contributed by atoms with Crippen molar-refractivity contribution in [2.24, 2.45) is 0 Å². The van der Waals surface area contributed by atoms with Gasteiger partial charge in [-0.3, -0.25) is 0 Å². The van der Waals surface area contributed by atoms with Crippen LogP contribution in [0.1, 0.15) is 52.4 Å². The lowest BCUT2D eigenvalue weighted by Gasteiger charge is -2.10. The summed E-state index contributed by atoms with van der Waals surface area (Å²) in [6.07, 6.45) is 12.4. The first-order valence-electron chi connectivity index (χ1n) is 5.36. The van der Waals surface area contributed by atoms with Gasteiger partial charge in [0, 0.05) is 13.0 Å². The van der Waals surface area contributed by atoms with Gasteiger partial charge in [0.1, 0.15) is 0 Å². The minimum Gasteiger partial charge on any atom is -0.378 e. The molecule has 76 valence electrons. The Morgan fingerprint density at radius 2 is 2.08 bits per heavy atom. The second-order valence-electron chi connectivity index (χ2n) is 3.48. The van der Waals surface area contributed by atoms with Gasteiger partial charge in [0.05, 0.1) is 6.10 Å². The first-order valence-corrected chi connectivity index (χ1v) is 5.36. The lowest BCUT2D eigenvalue weighted by molar-refractivity contribution is 0.0586. The van der Waals surface area contributed by atoms with Crippen molar-refractivity contribution in [3.05, 3.63) is 0 Å². The maximum atomic E-state index is 5.60. The predicted octanol–water partition coefficient (Wildman–Crippen LogP) is 3.39. The van der Waals surface area contributed by atoms with Gasteiger partial charge in [-0.15, -0.1) is 12.3 Å². The Morgan fingerprint density at radius 1 is 1.31 bits per heavy atom. The summed E-state index contributed by atoms with van der Waals surface area (Å²) in [4.78, 5) is 0. The second-order valence-corrected chi connectivity index (χ2v) is 3.48. The van der Waals surface area contributed by atoms with E-state index in [0.29, 0.717) is 6.10 Å². The molecular weight excluding hydrogens is 160 g/mol. The Kier molecular flexibility index (Phi) is 9.25. The molecule has 0 aromatic rings. The fourth-order valence-electron chi connectivity index (χ4n) is 1.18. The Balaban J connectivity index is 3.08. The summed E-state index contributed by atoms with van der Waals surface area (Å²) < 4.78 is 5.60. The Labute approximate surface area is 82.9 Å². The fraction of sp³-hybridized carbons (Fsp3) is 0.833. The molecule has 0 N–H and O–H groups in total. The van der Waals surface area contributed by atoms with Gasteiger partial charge in [-0.2, -0.15) is 0 Å². The zero-order valence-corrected chi connectivity index (χ0v) is 9.01. The smallest absolute Gasteiger partial charge is 0.0556 e. The van der Waals surface area contributed by atoms with Gasteiger partial charge in [-0.05, 0) is 19.8 Å². The van der Waals surface area contributed by atoms with E-state index in [-0.39, 0.29) is 0 Å². The number of terminal acetylenes is 1. The van der Waals surface area contributed by atoms with Crippen LogP contribution in [0.5, 0.6) is 0 Å². The maximum Gasteiger partial charge on any atom is 0.0556 e. The van der Waals surface area contributed by atoms with Gasteiger partial charge < -0.3 is 4.74 Å². The van der Waals surface area contributed by atoms with E-state index in [0.717, 1.165) is 19.4 Å². The van der Waals surface area contributed by atoms with Crippen molar-refractivity contribution < 1.29 is 4.74 Å². The molecule has 0 amide bonds. The molecule has 0 radical (unpaired) electrons. The minimum absolute atomic E-state index is 0.331. The van der Waals surface area contributed by atoms with Crippen molar-refractivity contribution in [1.82, 2.24) is 0 Å². The monoisotopic (exact) mass is 182 g/mol. The van der Waals surface area contributed by atoms with Gasteiger partial charge in [0.2, 0.25) is 0 Å². The molecule has 0 rings (SSSR count). The molecule has 0 aliphatic rings. The van der Waals surface area contributed by atoms with Gasteiger partial charge in [-0.1, -0.05) is 26.2 Å². The van der Waals surface area contributed by atoms with E-state index in [9.17, 15) is 0 Å². The highest BCUT2D eigenvalue weighted by Gasteiger charge is 1.99. The number of ether oxygens (including phenoxy) is 1. The maximum absolute atomic E-state index is 5.60. The van der Waals surface area contributed by atoms with Crippen LogP contribution in [0, 0.1) is 12.3 Å². The average Bonchev–Trinajstić information content (AvgIpc) is 2.14. The van der Waals surface area contributed by atoms with Gasteiger partial charge in [0.25, 0.3) is 0 Å². The molecule has 1 nitrogen and oxygen atoms in total.